The van der Waals surface area contributed by atoms with Crippen LogP contribution in [-0.2, 0) is 11.2 Å². The fourth-order valence-corrected chi connectivity index (χ4v) is 2.32. The van der Waals surface area contributed by atoms with Crippen LogP contribution in [0.5, 0.6) is 0 Å². The standard InChI is InChI=1S/C13H17BrClNO2/c1-13(2,3)18-12(17)16-8-7-9-10(14)5-4-6-11(9)15/h4-6H,7-8H2,1-3H3,(H,16,17). The van der Waals surface area contributed by atoms with E-state index in [1.54, 1.807) is 0 Å². The quantitative estimate of drug-likeness (QED) is 0.901. The zero-order valence-corrected chi connectivity index (χ0v) is 13.1. The highest BCUT2D eigenvalue weighted by molar-refractivity contribution is 9.10. The molecule has 0 aliphatic heterocycles. The number of benzene rings is 1. The van der Waals surface area contributed by atoms with Gasteiger partial charge in [0.05, 0.1) is 0 Å². The molecule has 0 fully saturated rings. The maximum atomic E-state index is 11.4. The molecule has 1 aromatic rings. The lowest BCUT2D eigenvalue weighted by Crippen LogP contribution is -2.33. The van der Waals surface area contributed by atoms with Crippen molar-refractivity contribution in [2.75, 3.05) is 6.54 Å². The number of carbonyl (C=O) groups is 1. The van der Waals surface area contributed by atoms with Crippen molar-refractivity contribution in [2.24, 2.45) is 0 Å². The van der Waals surface area contributed by atoms with Gasteiger partial charge in [-0.1, -0.05) is 33.6 Å². The third-order valence-corrected chi connectivity index (χ3v) is 3.20. The van der Waals surface area contributed by atoms with Crippen LogP contribution in [-0.4, -0.2) is 18.2 Å². The molecule has 18 heavy (non-hydrogen) atoms. The summed E-state index contributed by atoms with van der Waals surface area (Å²) in [6, 6.07) is 5.63. The number of alkyl carbamates (subject to hydrolysis) is 1. The Morgan fingerprint density at radius 2 is 2.11 bits per heavy atom. The number of nitrogens with one attached hydrogen (secondary N) is 1. The molecule has 0 heterocycles. The highest BCUT2D eigenvalue weighted by Gasteiger charge is 2.15. The highest BCUT2D eigenvalue weighted by atomic mass is 79.9. The minimum Gasteiger partial charge on any atom is -0.444 e. The predicted octanol–water partition coefficient (Wildman–Crippen LogP) is 4.17. The van der Waals surface area contributed by atoms with E-state index in [0.29, 0.717) is 18.0 Å². The van der Waals surface area contributed by atoms with Gasteiger partial charge in [-0.3, -0.25) is 0 Å². The van der Waals surface area contributed by atoms with Crippen LogP contribution in [0.2, 0.25) is 5.02 Å². The van der Waals surface area contributed by atoms with E-state index in [0.717, 1.165) is 10.0 Å². The molecule has 0 saturated heterocycles. The van der Waals surface area contributed by atoms with Gasteiger partial charge in [0.2, 0.25) is 0 Å². The molecule has 0 unspecified atom stereocenters. The van der Waals surface area contributed by atoms with Crippen molar-refractivity contribution in [1.29, 1.82) is 0 Å². The van der Waals surface area contributed by atoms with E-state index in [-0.39, 0.29) is 0 Å². The number of ether oxygens (including phenoxy) is 1. The first-order valence-corrected chi connectivity index (χ1v) is 6.86. The molecule has 1 aromatic carbocycles. The Kier molecular flexibility index (Phi) is 5.47. The average molecular weight is 335 g/mol. The Labute approximate surface area is 121 Å². The third kappa shape index (κ3) is 5.27. The van der Waals surface area contributed by atoms with Crippen LogP contribution >= 0.6 is 27.5 Å². The maximum absolute atomic E-state index is 11.4. The Morgan fingerprint density at radius 1 is 1.44 bits per heavy atom. The molecule has 100 valence electrons. The summed E-state index contributed by atoms with van der Waals surface area (Å²) < 4.78 is 6.09. The van der Waals surface area contributed by atoms with E-state index >= 15 is 0 Å². The van der Waals surface area contributed by atoms with Crippen LogP contribution in [0.1, 0.15) is 26.3 Å². The van der Waals surface area contributed by atoms with E-state index in [1.165, 1.54) is 0 Å². The monoisotopic (exact) mass is 333 g/mol. The van der Waals surface area contributed by atoms with Gasteiger partial charge < -0.3 is 10.1 Å². The number of amides is 1. The Hall–Kier alpha value is -0.740. The maximum Gasteiger partial charge on any atom is 0.407 e. The van der Waals surface area contributed by atoms with E-state index < -0.39 is 11.7 Å². The summed E-state index contributed by atoms with van der Waals surface area (Å²) in [5, 5.41) is 3.39. The summed E-state index contributed by atoms with van der Waals surface area (Å²) in [6.45, 7) is 5.98. The van der Waals surface area contributed by atoms with Crippen LogP contribution in [0.15, 0.2) is 22.7 Å². The lowest BCUT2D eigenvalue weighted by molar-refractivity contribution is 0.0528. The first-order valence-electron chi connectivity index (χ1n) is 5.69. The summed E-state index contributed by atoms with van der Waals surface area (Å²) >= 11 is 9.51. The number of rotatable bonds is 3. The van der Waals surface area contributed by atoms with Crippen LogP contribution in [0.25, 0.3) is 0 Å². The second-order valence-electron chi connectivity index (χ2n) is 4.88. The van der Waals surface area contributed by atoms with Gasteiger partial charge in [0.25, 0.3) is 0 Å². The molecular weight excluding hydrogens is 318 g/mol. The van der Waals surface area contributed by atoms with Crippen LogP contribution in [0, 0.1) is 0 Å². The fourth-order valence-electron chi connectivity index (χ4n) is 1.37. The molecule has 0 spiro atoms. The molecule has 1 amide bonds. The summed E-state index contributed by atoms with van der Waals surface area (Å²) in [4.78, 5) is 11.4. The summed E-state index contributed by atoms with van der Waals surface area (Å²) in [5.41, 5.74) is 0.505. The van der Waals surface area contributed by atoms with Gasteiger partial charge in [0.15, 0.2) is 0 Å². The summed E-state index contributed by atoms with van der Waals surface area (Å²) in [5.74, 6) is 0. The van der Waals surface area contributed by atoms with Gasteiger partial charge in [-0.25, -0.2) is 4.79 Å². The lowest BCUT2D eigenvalue weighted by atomic mass is 10.1. The largest absolute Gasteiger partial charge is 0.444 e. The second-order valence-corrected chi connectivity index (χ2v) is 6.14. The molecule has 1 N–H and O–H groups in total. The van der Waals surface area contributed by atoms with Gasteiger partial charge in [0, 0.05) is 16.0 Å². The molecule has 5 heteroatoms. The van der Waals surface area contributed by atoms with Gasteiger partial charge in [-0.15, -0.1) is 0 Å². The van der Waals surface area contributed by atoms with Crippen molar-refractivity contribution in [2.45, 2.75) is 32.8 Å². The van der Waals surface area contributed by atoms with E-state index in [1.807, 2.05) is 39.0 Å². The predicted molar refractivity (Wildman–Crippen MR) is 77.1 cm³/mol. The minimum atomic E-state index is -0.477. The first kappa shape index (κ1) is 15.3. The van der Waals surface area contributed by atoms with Crippen molar-refractivity contribution in [3.8, 4) is 0 Å². The fraction of sp³-hybridized carbons (Fsp3) is 0.462. The normalized spacial score (nSPS) is 11.2. The Morgan fingerprint density at radius 3 is 2.67 bits per heavy atom. The summed E-state index contributed by atoms with van der Waals surface area (Å²) in [7, 11) is 0. The number of hydrogen-bond donors (Lipinski definition) is 1. The van der Waals surface area contributed by atoms with Gasteiger partial charge >= 0.3 is 6.09 Å². The molecule has 0 aliphatic rings. The van der Waals surface area contributed by atoms with Gasteiger partial charge in [-0.2, -0.15) is 0 Å². The Bertz CT molecular complexity index is 409. The van der Waals surface area contributed by atoms with E-state index in [9.17, 15) is 4.79 Å². The molecule has 0 bridgehead atoms. The van der Waals surface area contributed by atoms with Crippen LogP contribution in [0.3, 0.4) is 0 Å². The van der Waals surface area contributed by atoms with Crippen molar-refractivity contribution in [3.63, 3.8) is 0 Å². The SMILES string of the molecule is CC(C)(C)OC(=O)NCCc1c(Cl)cccc1Br. The molecular formula is C13H17BrClNO2. The molecule has 0 radical (unpaired) electrons. The zero-order valence-electron chi connectivity index (χ0n) is 10.7. The second kappa shape index (κ2) is 6.43. The minimum absolute atomic E-state index is 0.411. The molecule has 3 nitrogen and oxygen atoms in total. The summed E-state index contributed by atoms with van der Waals surface area (Å²) in [6.07, 6.45) is 0.241. The van der Waals surface area contributed by atoms with Crippen molar-refractivity contribution in [3.05, 3.63) is 33.3 Å². The molecule has 0 aromatic heterocycles. The van der Waals surface area contributed by atoms with Crippen LogP contribution in [0.4, 0.5) is 4.79 Å². The molecule has 0 atom stereocenters. The van der Waals surface area contributed by atoms with E-state index in [4.69, 9.17) is 16.3 Å². The average Bonchev–Trinajstić information content (AvgIpc) is 2.19. The number of carbonyl (C=O) groups excluding carboxylic acids is 1. The Balaban J connectivity index is 2.45. The van der Waals surface area contributed by atoms with Crippen LogP contribution < -0.4 is 5.32 Å². The van der Waals surface area contributed by atoms with E-state index in [2.05, 4.69) is 21.2 Å². The smallest absolute Gasteiger partial charge is 0.407 e. The lowest BCUT2D eigenvalue weighted by Gasteiger charge is -2.19. The van der Waals surface area contributed by atoms with Gasteiger partial charge in [-0.05, 0) is 44.9 Å². The third-order valence-electron chi connectivity index (χ3n) is 2.10. The van der Waals surface area contributed by atoms with Crippen molar-refractivity contribution < 1.29 is 9.53 Å². The molecule has 1 rings (SSSR count). The topological polar surface area (TPSA) is 38.3 Å². The number of hydrogen-bond acceptors (Lipinski definition) is 2. The zero-order chi connectivity index (χ0) is 13.8. The first-order chi connectivity index (χ1) is 8.29. The highest BCUT2D eigenvalue weighted by Crippen LogP contribution is 2.24. The molecule has 0 aliphatic carbocycles. The molecule has 0 saturated carbocycles. The van der Waals surface area contributed by atoms with Crippen molar-refractivity contribution in [1.82, 2.24) is 5.32 Å². The van der Waals surface area contributed by atoms with Crippen molar-refractivity contribution >= 4 is 33.6 Å². The van der Waals surface area contributed by atoms with Gasteiger partial charge in [0.1, 0.15) is 5.60 Å². The number of halogens is 2.